The predicted octanol–water partition coefficient (Wildman–Crippen LogP) is 4.71. The summed E-state index contributed by atoms with van der Waals surface area (Å²) in [5.74, 6) is 0.556. The van der Waals surface area contributed by atoms with Crippen molar-refractivity contribution in [2.75, 3.05) is 11.2 Å². The largest absolute Gasteiger partial charge is 0.378 e. The molecule has 1 aromatic heterocycles. The van der Waals surface area contributed by atoms with Crippen LogP contribution in [0.5, 0.6) is 0 Å². The lowest BCUT2D eigenvalue weighted by Gasteiger charge is -2.29. The third kappa shape index (κ3) is 2.70. The van der Waals surface area contributed by atoms with Gasteiger partial charge < -0.3 is 5.32 Å². The number of halogens is 2. The second-order valence-electron chi connectivity index (χ2n) is 4.69. The Morgan fingerprint density at radius 2 is 2.11 bits per heavy atom. The molecule has 1 heterocycles. The Morgan fingerprint density at radius 1 is 1.33 bits per heavy atom. The van der Waals surface area contributed by atoms with E-state index in [0.717, 1.165) is 23.0 Å². The van der Waals surface area contributed by atoms with Crippen LogP contribution < -0.4 is 5.32 Å². The zero-order valence-electron chi connectivity index (χ0n) is 10.5. The summed E-state index contributed by atoms with van der Waals surface area (Å²) in [7, 11) is 0. The van der Waals surface area contributed by atoms with Gasteiger partial charge in [-0.3, -0.25) is 4.98 Å². The van der Waals surface area contributed by atoms with Crippen LogP contribution in [0.1, 0.15) is 20.3 Å². The van der Waals surface area contributed by atoms with Gasteiger partial charge in [0.1, 0.15) is 0 Å². The topological polar surface area (TPSA) is 24.9 Å². The summed E-state index contributed by atoms with van der Waals surface area (Å²) >= 11 is 12.0. The molecule has 96 valence electrons. The molecule has 4 heteroatoms. The third-order valence-corrected chi connectivity index (χ3v) is 4.04. The van der Waals surface area contributed by atoms with Crippen LogP contribution in [0.25, 0.3) is 10.9 Å². The van der Waals surface area contributed by atoms with Crippen LogP contribution in [0.3, 0.4) is 0 Å². The normalized spacial score (nSPS) is 14.4. The molecule has 0 fully saturated rings. The average Bonchev–Trinajstić information content (AvgIpc) is 2.38. The molecule has 1 atom stereocenters. The minimum Gasteiger partial charge on any atom is -0.378 e. The molecule has 1 aromatic carbocycles. The number of hydrogen-bond acceptors (Lipinski definition) is 2. The van der Waals surface area contributed by atoms with Gasteiger partial charge in [-0.25, -0.2) is 0 Å². The monoisotopic (exact) mass is 282 g/mol. The molecule has 0 spiro atoms. The number of pyridine rings is 1. The van der Waals surface area contributed by atoms with Crippen LogP contribution in [-0.4, -0.2) is 16.4 Å². The Bertz CT molecular complexity index is 550. The summed E-state index contributed by atoms with van der Waals surface area (Å²) in [5.41, 5.74) is 1.82. The first-order valence-electron chi connectivity index (χ1n) is 5.96. The van der Waals surface area contributed by atoms with E-state index in [1.165, 1.54) is 0 Å². The minimum absolute atomic E-state index is 0.116. The maximum atomic E-state index is 6.04. The third-order valence-electron chi connectivity index (χ3n) is 3.22. The zero-order valence-corrected chi connectivity index (χ0v) is 12.0. The molecule has 0 radical (unpaired) electrons. The molecule has 0 saturated heterocycles. The summed E-state index contributed by atoms with van der Waals surface area (Å²) in [4.78, 5) is 4.33. The first-order chi connectivity index (χ1) is 8.58. The quantitative estimate of drug-likeness (QED) is 0.822. The van der Waals surface area contributed by atoms with Gasteiger partial charge in [0.15, 0.2) is 0 Å². The van der Waals surface area contributed by atoms with Crippen LogP contribution in [-0.2, 0) is 0 Å². The van der Waals surface area contributed by atoms with Crippen molar-refractivity contribution in [2.24, 2.45) is 0 Å². The molecule has 2 aromatic rings. The van der Waals surface area contributed by atoms with Crippen LogP contribution in [0.2, 0.25) is 5.02 Å². The summed E-state index contributed by atoms with van der Waals surface area (Å²) in [6.07, 6.45) is 2.74. The molecule has 0 bridgehead atoms. The number of benzene rings is 1. The number of nitrogens with zero attached hydrogens (tertiary/aromatic N) is 1. The van der Waals surface area contributed by atoms with Crippen molar-refractivity contribution < 1.29 is 0 Å². The maximum Gasteiger partial charge on any atom is 0.0737 e. The summed E-state index contributed by atoms with van der Waals surface area (Å²) in [5, 5.41) is 5.26. The molecule has 2 rings (SSSR count). The smallest absolute Gasteiger partial charge is 0.0737 e. The molecule has 0 saturated carbocycles. The molecule has 1 N–H and O–H groups in total. The minimum atomic E-state index is -0.116. The fourth-order valence-electron chi connectivity index (χ4n) is 1.77. The number of fused-ring (bicyclic) bond motifs is 1. The van der Waals surface area contributed by atoms with Crippen molar-refractivity contribution in [3.8, 4) is 0 Å². The Balaban J connectivity index is 2.45. The molecular formula is C14H16Cl2N2. The predicted molar refractivity (Wildman–Crippen MR) is 79.8 cm³/mol. The Labute approximate surface area is 117 Å². The molecule has 18 heavy (non-hydrogen) atoms. The number of anilines is 1. The van der Waals surface area contributed by atoms with Gasteiger partial charge >= 0.3 is 0 Å². The van der Waals surface area contributed by atoms with Gasteiger partial charge in [0.05, 0.1) is 5.52 Å². The van der Waals surface area contributed by atoms with Crippen LogP contribution >= 0.6 is 23.2 Å². The summed E-state index contributed by atoms with van der Waals surface area (Å²) < 4.78 is 0. The molecule has 0 aliphatic heterocycles. The SMILES string of the molecule is CCC(C)(CCl)Nc1ccnc2cc(Cl)ccc12. The highest BCUT2D eigenvalue weighted by molar-refractivity contribution is 6.31. The molecule has 2 nitrogen and oxygen atoms in total. The van der Waals surface area contributed by atoms with Crippen molar-refractivity contribution in [1.29, 1.82) is 0 Å². The number of nitrogens with one attached hydrogen (secondary N) is 1. The second kappa shape index (κ2) is 5.33. The van der Waals surface area contributed by atoms with Gasteiger partial charge in [-0.15, -0.1) is 11.6 Å². The Hall–Kier alpha value is -0.990. The lowest BCUT2D eigenvalue weighted by Crippen LogP contribution is -2.35. The van der Waals surface area contributed by atoms with E-state index in [-0.39, 0.29) is 5.54 Å². The molecular weight excluding hydrogens is 267 g/mol. The van der Waals surface area contributed by atoms with E-state index in [4.69, 9.17) is 23.2 Å². The number of rotatable bonds is 4. The van der Waals surface area contributed by atoms with E-state index in [1.807, 2.05) is 24.3 Å². The van der Waals surface area contributed by atoms with Gasteiger partial charge in [0.25, 0.3) is 0 Å². The van der Waals surface area contributed by atoms with Crippen LogP contribution in [0.4, 0.5) is 5.69 Å². The highest BCUT2D eigenvalue weighted by Gasteiger charge is 2.21. The van der Waals surface area contributed by atoms with Crippen molar-refractivity contribution in [1.82, 2.24) is 4.98 Å². The maximum absolute atomic E-state index is 6.04. The van der Waals surface area contributed by atoms with Crippen molar-refractivity contribution in [3.63, 3.8) is 0 Å². The van der Waals surface area contributed by atoms with Crippen molar-refractivity contribution >= 4 is 39.8 Å². The van der Waals surface area contributed by atoms with Gasteiger partial charge in [0.2, 0.25) is 0 Å². The lowest BCUT2D eigenvalue weighted by molar-refractivity contribution is 0.554. The second-order valence-corrected chi connectivity index (χ2v) is 5.40. The highest BCUT2D eigenvalue weighted by Crippen LogP contribution is 2.28. The van der Waals surface area contributed by atoms with Gasteiger partial charge in [0, 0.05) is 33.7 Å². The fourth-order valence-corrected chi connectivity index (χ4v) is 2.19. The van der Waals surface area contributed by atoms with Gasteiger partial charge in [-0.05, 0) is 37.6 Å². The van der Waals surface area contributed by atoms with Crippen molar-refractivity contribution in [3.05, 3.63) is 35.5 Å². The van der Waals surface area contributed by atoms with E-state index in [2.05, 4.69) is 24.1 Å². The number of alkyl halides is 1. The number of hydrogen-bond donors (Lipinski definition) is 1. The van der Waals surface area contributed by atoms with Crippen LogP contribution in [0, 0.1) is 0 Å². The molecule has 1 unspecified atom stereocenters. The van der Waals surface area contributed by atoms with E-state index in [0.29, 0.717) is 10.9 Å². The first-order valence-corrected chi connectivity index (χ1v) is 6.87. The number of aromatic nitrogens is 1. The fraction of sp³-hybridized carbons (Fsp3) is 0.357. The molecule has 0 amide bonds. The standard InChI is InChI=1S/C14H16Cl2N2/c1-3-14(2,9-15)18-12-6-7-17-13-8-10(16)4-5-11(12)13/h4-8H,3,9H2,1-2H3,(H,17,18). The summed E-state index contributed by atoms with van der Waals surface area (Å²) in [6.45, 7) is 4.23. The lowest BCUT2D eigenvalue weighted by atomic mass is 10.0. The molecule has 0 aliphatic rings. The Kier molecular flexibility index (Phi) is 3.98. The Morgan fingerprint density at radius 3 is 2.78 bits per heavy atom. The zero-order chi connectivity index (χ0) is 13.2. The van der Waals surface area contributed by atoms with E-state index in [1.54, 1.807) is 6.20 Å². The van der Waals surface area contributed by atoms with E-state index >= 15 is 0 Å². The highest BCUT2D eigenvalue weighted by atomic mass is 35.5. The first kappa shape index (κ1) is 13.4. The summed E-state index contributed by atoms with van der Waals surface area (Å²) in [6, 6.07) is 7.70. The van der Waals surface area contributed by atoms with E-state index < -0.39 is 0 Å². The average molecular weight is 283 g/mol. The van der Waals surface area contributed by atoms with Gasteiger partial charge in [-0.1, -0.05) is 18.5 Å². The van der Waals surface area contributed by atoms with E-state index in [9.17, 15) is 0 Å². The van der Waals surface area contributed by atoms with Crippen molar-refractivity contribution in [2.45, 2.75) is 25.8 Å². The van der Waals surface area contributed by atoms with Crippen LogP contribution in [0.15, 0.2) is 30.5 Å². The van der Waals surface area contributed by atoms with Gasteiger partial charge in [-0.2, -0.15) is 0 Å². The molecule has 0 aliphatic carbocycles.